The molecule has 0 atom stereocenters. The van der Waals surface area contributed by atoms with Crippen LogP contribution in [0.2, 0.25) is 0 Å². The fourth-order valence-corrected chi connectivity index (χ4v) is 2.58. The molecule has 19 heavy (non-hydrogen) atoms. The van der Waals surface area contributed by atoms with Gasteiger partial charge in [-0.3, -0.25) is 9.69 Å². The fraction of sp³-hybridized carbons (Fsp3) is 0.400. The first-order valence-corrected chi connectivity index (χ1v) is 6.74. The standard InChI is InChI=1S/C15H19N3O/c1-17-6-8-18(9-7-17)11-12-10-15(19)13-4-2-3-5-14(13)16-12/h2-5,10H,6-9,11H2,1H3,(H,16,19). The Morgan fingerprint density at radius 3 is 2.68 bits per heavy atom. The lowest BCUT2D eigenvalue weighted by Crippen LogP contribution is -2.44. The van der Waals surface area contributed by atoms with Gasteiger partial charge in [-0.1, -0.05) is 12.1 Å². The third-order valence-electron chi connectivity index (χ3n) is 3.78. The van der Waals surface area contributed by atoms with Crippen LogP contribution in [-0.2, 0) is 6.54 Å². The van der Waals surface area contributed by atoms with E-state index in [9.17, 15) is 4.79 Å². The summed E-state index contributed by atoms with van der Waals surface area (Å²) < 4.78 is 0. The number of pyridine rings is 1. The molecule has 0 radical (unpaired) electrons. The number of H-pyrrole nitrogens is 1. The number of piperazine rings is 1. The number of fused-ring (bicyclic) bond motifs is 1. The molecule has 1 aromatic carbocycles. The van der Waals surface area contributed by atoms with E-state index in [0.29, 0.717) is 0 Å². The lowest BCUT2D eigenvalue weighted by molar-refractivity contribution is 0.147. The molecule has 1 saturated heterocycles. The van der Waals surface area contributed by atoms with E-state index in [2.05, 4.69) is 21.8 Å². The Morgan fingerprint density at radius 2 is 1.89 bits per heavy atom. The van der Waals surface area contributed by atoms with Gasteiger partial charge in [0.25, 0.3) is 0 Å². The molecule has 1 fully saturated rings. The number of nitrogens with one attached hydrogen (secondary N) is 1. The van der Waals surface area contributed by atoms with Gasteiger partial charge in [-0.05, 0) is 19.2 Å². The molecule has 0 aliphatic carbocycles. The van der Waals surface area contributed by atoms with Crippen molar-refractivity contribution in [2.45, 2.75) is 6.54 Å². The summed E-state index contributed by atoms with van der Waals surface area (Å²) in [7, 11) is 2.15. The first kappa shape index (κ1) is 12.4. The Kier molecular flexibility index (Phi) is 3.36. The lowest BCUT2D eigenvalue weighted by atomic mass is 10.2. The van der Waals surface area contributed by atoms with Gasteiger partial charge in [0.15, 0.2) is 5.43 Å². The Labute approximate surface area is 112 Å². The average Bonchev–Trinajstić information content (AvgIpc) is 2.42. The second-order valence-electron chi connectivity index (χ2n) is 5.28. The summed E-state index contributed by atoms with van der Waals surface area (Å²) in [5, 5.41) is 0.768. The molecular weight excluding hydrogens is 238 g/mol. The second kappa shape index (κ2) is 5.15. The number of benzene rings is 1. The zero-order valence-corrected chi connectivity index (χ0v) is 11.2. The van der Waals surface area contributed by atoms with Gasteiger partial charge in [-0.2, -0.15) is 0 Å². The van der Waals surface area contributed by atoms with Crippen molar-refractivity contribution in [3.05, 3.63) is 46.2 Å². The SMILES string of the molecule is CN1CCN(Cc2cc(=O)c3ccccc3[nH]2)CC1. The van der Waals surface area contributed by atoms with Gasteiger partial charge in [0.2, 0.25) is 0 Å². The predicted octanol–water partition coefficient (Wildman–Crippen LogP) is 1.28. The predicted molar refractivity (Wildman–Crippen MR) is 77.3 cm³/mol. The molecule has 0 unspecified atom stereocenters. The zero-order valence-electron chi connectivity index (χ0n) is 11.2. The molecule has 2 aromatic rings. The zero-order chi connectivity index (χ0) is 13.2. The minimum Gasteiger partial charge on any atom is -0.357 e. The van der Waals surface area contributed by atoms with Crippen LogP contribution in [-0.4, -0.2) is 48.0 Å². The van der Waals surface area contributed by atoms with Crippen LogP contribution in [0, 0.1) is 0 Å². The Hall–Kier alpha value is -1.65. The first-order valence-electron chi connectivity index (χ1n) is 6.74. The quantitative estimate of drug-likeness (QED) is 0.881. The monoisotopic (exact) mass is 257 g/mol. The highest BCUT2D eigenvalue weighted by molar-refractivity contribution is 5.78. The molecule has 0 saturated carbocycles. The van der Waals surface area contributed by atoms with Crippen molar-refractivity contribution in [1.29, 1.82) is 0 Å². The summed E-state index contributed by atoms with van der Waals surface area (Å²) in [6.45, 7) is 5.14. The highest BCUT2D eigenvalue weighted by atomic mass is 16.1. The molecule has 4 nitrogen and oxygen atoms in total. The molecular formula is C15H19N3O. The third-order valence-corrected chi connectivity index (χ3v) is 3.78. The Balaban J connectivity index is 1.83. The minimum atomic E-state index is 0.110. The van der Waals surface area contributed by atoms with Gasteiger partial charge in [-0.25, -0.2) is 0 Å². The molecule has 0 bridgehead atoms. The van der Waals surface area contributed by atoms with Crippen LogP contribution in [0.3, 0.4) is 0 Å². The summed E-state index contributed by atoms with van der Waals surface area (Å²) in [4.78, 5) is 20.1. The van der Waals surface area contributed by atoms with Crippen LogP contribution in [0.25, 0.3) is 10.9 Å². The summed E-state index contributed by atoms with van der Waals surface area (Å²) in [6, 6.07) is 9.42. The van der Waals surface area contributed by atoms with E-state index in [4.69, 9.17) is 0 Å². The summed E-state index contributed by atoms with van der Waals surface area (Å²) in [5.41, 5.74) is 2.05. The number of para-hydroxylation sites is 1. The average molecular weight is 257 g/mol. The van der Waals surface area contributed by atoms with Gasteiger partial charge in [0.05, 0.1) is 0 Å². The Bertz CT molecular complexity index is 627. The van der Waals surface area contributed by atoms with Crippen molar-refractivity contribution in [1.82, 2.24) is 14.8 Å². The van der Waals surface area contributed by atoms with E-state index >= 15 is 0 Å². The number of likely N-dealkylation sites (N-methyl/N-ethyl adjacent to an activating group) is 1. The summed E-state index contributed by atoms with van der Waals surface area (Å²) in [5.74, 6) is 0. The molecule has 100 valence electrons. The van der Waals surface area contributed by atoms with E-state index in [-0.39, 0.29) is 5.43 Å². The number of aromatic amines is 1. The van der Waals surface area contributed by atoms with E-state index in [1.807, 2.05) is 24.3 Å². The van der Waals surface area contributed by atoms with Crippen molar-refractivity contribution >= 4 is 10.9 Å². The molecule has 3 rings (SSSR count). The van der Waals surface area contributed by atoms with E-state index in [0.717, 1.165) is 49.3 Å². The maximum Gasteiger partial charge on any atom is 0.189 e. The van der Waals surface area contributed by atoms with Gasteiger partial charge in [-0.15, -0.1) is 0 Å². The number of hydrogen-bond acceptors (Lipinski definition) is 3. The number of hydrogen-bond donors (Lipinski definition) is 1. The molecule has 2 heterocycles. The maximum atomic E-state index is 12.0. The number of nitrogens with zero attached hydrogens (tertiary/aromatic N) is 2. The molecule has 0 spiro atoms. The van der Waals surface area contributed by atoms with Crippen LogP contribution in [0.1, 0.15) is 5.69 Å². The van der Waals surface area contributed by atoms with E-state index in [1.54, 1.807) is 6.07 Å². The molecule has 1 aliphatic heterocycles. The molecule has 0 amide bonds. The normalized spacial score (nSPS) is 17.9. The van der Waals surface area contributed by atoms with Gasteiger partial charge in [0, 0.05) is 55.4 Å². The van der Waals surface area contributed by atoms with Gasteiger partial charge in [0.1, 0.15) is 0 Å². The van der Waals surface area contributed by atoms with Crippen molar-refractivity contribution < 1.29 is 0 Å². The van der Waals surface area contributed by atoms with Crippen molar-refractivity contribution in [2.24, 2.45) is 0 Å². The van der Waals surface area contributed by atoms with E-state index in [1.165, 1.54) is 0 Å². The molecule has 1 N–H and O–H groups in total. The molecule has 4 heteroatoms. The number of aromatic nitrogens is 1. The largest absolute Gasteiger partial charge is 0.357 e. The molecule has 1 aromatic heterocycles. The highest BCUT2D eigenvalue weighted by Gasteiger charge is 2.14. The maximum absolute atomic E-state index is 12.0. The van der Waals surface area contributed by atoms with Crippen molar-refractivity contribution in [3.8, 4) is 0 Å². The van der Waals surface area contributed by atoms with Crippen molar-refractivity contribution in [3.63, 3.8) is 0 Å². The number of rotatable bonds is 2. The van der Waals surface area contributed by atoms with Crippen LogP contribution >= 0.6 is 0 Å². The first-order chi connectivity index (χ1) is 9.22. The van der Waals surface area contributed by atoms with Crippen molar-refractivity contribution in [2.75, 3.05) is 33.2 Å². The smallest absolute Gasteiger partial charge is 0.189 e. The van der Waals surface area contributed by atoms with Crippen LogP contribution < -0.4 is 5.43 Å². The lowest BCUT2D eigenvalue weighted by Gasteiger charge is -2.32. The van der Waals surface area contributed by atoms with Crippen LogP contribution in [0.5, 0.6) is 0 Å². The van der Waals surface area contributed by atoms with Crippen LogP contribution in [0.15, 0.2) is 35.1 Å². The third kappa shape index (κ3) is 2.69. The highest BCUT2D eigenvalue weighted by Crippen LogP contribution is 2.10. The van der Waals surface area contributed by atoms with Gasteiger partial charge >= 0.3 is 0 Å². The topological polar surface area (TPSA) is 39.3 Å². The minimum absolute atomic E-state index is 0.110. The van der Waals surface area contributed by atoms with Crippen LogP contribution in [0.4, 0.5) is 0 Å². The summed E-state index contributed by atoms with van der Waals surface area (Å²) >= 11 is 0. The Morgan fingerprint density at radius 1 is 1.16 bits per heavy atom. The second-order valence-corrected chi connectivity index (χ2v) is 5.28. The van der Waals surface area contributed by atoms with E-state index < -0.39 is 0 Å². The fourth-order valence-electron chi connectivity index (χ4n) is 2.58. The summed E-state index contributed by atoms with van der Waals surface area (Å²) in [6.07, 6.45) is 0. The molecule has 1 aliphatic rings. The van der Waals surface area contributed by atoms with Gasteiger partial charge < -0.3 is 9.88 Å².